The molecule has 0 atom stereocenters. The summed E-state index contributed by atoms with van der Waals surface area (Å²) in [5, 5.41) is 11.3. The maximum absolute atomic E-state index is 11.3. The van der Waals surface area contributed by atoms with Crippen LogP contribution in [0.3, 0.4) is 0 Å². The van der Waals surface area contributed by atoms with Crippen LogP contribution in [0.4, 0.5) is 0 Å². The quantitative estimate of drug-likeness (QED) is 0.186. The van der Waals surface area contributed by atoms with E-state index in [2.05, 4.69) is 174 Å². The number of hydrogen-bond acceptors (Lipinski definition) is 3. The normalized spacial score (nSPS) is 12.0. The van der Waals surface area contributed by atoms with E-state index in [0.717, 1.165) is 44.7 Å². The van der Waals surface area contributed by atoms with Gasteiger partial charge in [0, 0.05) is 23.0 Å². The zero-order valence-electron chi connectivity index (χ0n) is 32.7. The van der Waals surface area contributed by atoms with Gasteiger partial charge >= 0.3 is 0 Å². The molecule has 8 rings (SSSR count). The van der Waals surface area contributed by atoms with Crippen LogP contribution < -0.4 is 0 Å². The van der Waals surface area contributed by atoms with E-state index in [1.54, 1.807) is 6.07 Å². The van der Waals surface area contributed by atoms with Crippen molar-refractivity contribution >= 4 is 11.0 Å². The minimum absolute atomic E-state index is 0.114. The number of benzene rings is 6. The number of aromatic hydroxyl groups is 1. The third-order valence-electron chi connectivity index (χ3n) is 10.5. The molecule has 6 aromatic carbocycles. The lowest BCUT2D eigenvalue weighted by Gasteiger charge is -2.25. The van der Waals surface area contributed by atoms with Gasteiger partial charge in [0.15, 0.2) is 0 Å². The van der Waals surface area contributed by atoms with Gasteiger partial charge in [0.2, 0.25) is 0 Å². The molecule has 2 heterocycles. The number of hydrogen-bond donors (Lipinski definition) is 1. The molecule has 0 aliphatic rings. The fourth-order valence-corrected chi connectivity index (χ4v) is 7.48. The molecule has 8 aromatic rings. The van der Waals surface area contributed by atoms with Crippen LogP contribution in [-0.2, 0) is 10.8 Å². The molecule has 0 spiro atoms. The van der Waals surface area contributed by atoms with E-state index in [1.807, 2.05) is 24.4 Å². The molecular formula is C51H47N3O. The van der Waals surface area contributed by atoms with Gasteiger partial charge in [-0.15, -0.1) is 0 Å². The van der Waals surface area contributed by atoms with Gasteiger partial charge in [-0.3, -0.25) is 9.55 Å². The molecular weight excluding hydrogens is 671 g/mol. The topological polar surface area (TPSA) is 50.9 Å². The number of fused-ring (bicyclic) bond motifs is 1. The molecule has 0 unspecified atom stereocenters. The summed E-state index contributed by atoms with van der Waals surface area (Å²) in [6.45, 7) is 15.7. The van der Waals surface area contributed by atoms with Crippen LogP contribution in [0.2, 0.25) is 0 Å². The predicted octanol–water partition coefficient (Wildman–Crippen LogP) is 13.4. The molecule has 0 bridgehead atoms. The van der Waals surface area contributed by atoms with E-state index >= 15 is 0 Å². The molecule has 4 nitrogen and oxygen atoms in total. The second-order valence-electron chi connectivity index (χ2n) is 16.7. The zero-order chi connectivity index (χ0) is 38.5. The van der Waals surface area contributed by atoms with Gasteiger partial charge in [0.1, 0.15) is 11.6 Å². The minimum Gasteiger partial charge on any atom is -0.507 e. The van der Waals surface area contributed by atoms with Gasteiger partial charge in [-0.1, -0.05) is 138 Å². The Morgan fingerprint density at radius 1 is 0.527 bits per heavy atom. The van der Waals surface area contributed by atoms with Crippen LogP contribution in [-0.4, -0.2) is 19.6 Å². The smallest absolute Gasteiger partial charge is 0.149 e. The van der Waals surface area contributed by atoms with Crippen LogP contribution >= 0.6 is 0 Å². The number of aryl methyl sites for hydroxylation is 1. The highest BCUT2D eigenvalue weighted by molar-refractivity contribution is 5.97. The molecule has 0 fully saturated rings. The first-order valence-electron chi connectivity index (χ1n) is 19.0. The molecule has 2 aromatic heterocycles. The molecule has 0 amide bonds. The van der Waals surface area contributed by atoms with Crippen LogP contribution in [0.1, 0.15) is 58.2 Å². The summed E-state index contributed by atoms with van der Waals surface area (Å²) in [6.07, 6.45) is 1.91. The number of aromatic nitrogens is 3. The first kappa shape index (κ1) is 35.8. The summed E-state index contributed by atoms with van der Waals surface area (Å²) in [5.41, 5.74) is 15.7. The Bertz CT molecular complexity index is 2670. The van der Waals surface area contributed by atoms with E-state index in [4.69, 9.17) is 9.97 Å². The first-order chi connectivity index (χ1) is 26.3. The highest BCUT2D eigenvalue weighted by Crippen LogP contribution is 2.42. The van der Waals surface area contributed by atoms with Crippen molar-refractivity contribution in [3.05, 3.63) is 168 Å². The van der Waals surface area contributed by atoms with Crippen molar-refractivity contribution in [1.29, 1.82) is 0 Å². The number of rotatable bonds is 6. The van der Waals surface area contributed by atoms with Gasteiger partial charge in [0.25, 0.3) is 0 Å². The Kier molecular flexibility index (Phi) is 9.01. The van der Waals surface area contributed by atoms with E-state index < -0.39 is 0 Å². The average Bonchev–Trinajstić information content (AvgIpc) is 3.57. The first-order valence-corrected chi connectivity index (χ1v) is 19.0. The summed E-state index contributed by atoms with van der Waals surface area (Å²) in [7, 11) is 0. The molecule has 272 valence electrons. The Morgan fingerprint density at radius 2 is 1.24 bits per heavy atom. The van der Waals surface area contributed by atoms with Gasteiger partial charge in [0.05, 0.1) is 22.3 Å². The van der Waals surface area contributed by atoms with Crippen LogP contribution in [0.15, 0.2) is 152 Å². The largest absolute Gasteiger partial charge is 0.507 e. The number of pyridine rings is 1. The van der Waals surface area contributed by atoms with Gasteiger partial charge < -0.3 is 5.11 Å². The second-order valence-corrected chi connectivity index (χ2v) is 16.7. The lowest BCUT2D eigenvalue weighted by atomic mass is 9.81. The maximum Gasteiger partial charge on any atom is 0.149 e. The van der Waals surface area contributed by atoms with Crippen molar-refractivity contribution in [2.75, 3.05) is 0 Å². The third-order valence-corrected chi connectivity index (χ3v) is 10.5. The molecule has 0 saturated heterocycles. The van der Waals surface area contributed by atoms with Crippen molar-refractivity contribution < 1.29 is 5.11 Å². The SMILES string of the molecule is Cc1ccc(-c2ccnc(-c3cc(-c4cccc5c4nc(-c4ccccc4O)n5-c4ccc(-c5ccccc5)c(C(C)(C)C)c4)cc(C(C)(C)C)c3)c2)cc1. The van der Waals surface area contributed by atoms with Crippen LogP contribution in [0, 0.1) is 6.92 Å². The number of phenols is 1. The van der Waals surface area contributed by atoms with E-state index in [-0.39, 0.29) is 16.6 Å². The highest BCUT2D eigenvalue weighted by Gasteiger charge is 2.25. The Morgan fingerprint density at radius 3 is 1.96 bits per heavy atom. The molecule has 0 radical (unpaired) electrons. The molecule has 1 N–H and O–H groups in total. The molecule has 55 heavy (non-hydrogen) atoms. The van der Waals surface area contributed by atoms with Crippen LogP contribution in [0.25, 0.3) is 72.7 Å². The van der Waals surface area contributed by atoms with Crippen molar-refractivity contribution in [2.45, 2.75) is 59.3 Å². The minimum atomic E-state index is -0.133. The Labute approximate surface area is 324 Å². The van der Waals surface area contributed by atoms with Crippen molar-refractivity contribution in [1.82, 2.24) is 14.5 Å². The molecule has 0 aliphatic heterocycles. The summed E-state index contributed by atoms with van der Waals surface area (Å²) in [4.78, 5) is 10.3. The third kappa shape index (κ3) is 6.97. The van der Waals surface area contributed by atoms with Gasteiger partial charge in [-0.25, -0.2) is 4.98 Å². The number of para-hydroxylation sites is 2. The monoisotopic (exact) mass is 717 g/mol. The fraction of sp³-hybridized carbons (Fsp3) is 0.176. The van der Waals surface area contributed by atoms with Gasteiger partial charge in [-0.2, -0.15) is 0 Å². The number of phenolic OH excluding ortho intramolecular Hbond substituents is 1. The standard InChI is InChI=1S/C51H47N3O/c1-33-20-22-34(23-21-33)36-26-27-52-45(31-36)38-28-37(29-39(30-38)50(2,3)4)42-17-13-18-46-48(42)53-49(43-16-11-12-19-47(43)55)54(46)40-24-25-41(35-14-9-8-10-15-35)44(32-40)51(5,6)7/h8-32,55H,1-7H3. The van der Waals surface area contributed by atoms with Crippen molar-refractivity contribution in [2.24, 2.45) is 0 Å². The van der Waals surface area contributed by atoms with Crippen molar-refractivity contribution in [3.63, 3.8) is 0 Å². The zero-order valence-corrected chi connectivity index (χ0v) is 32.7. The van der Waals surface area contributed by atoms with E-state index in [0.29, 0.717) is 11.4 Å². The molecule has 0 aliphatic carbocycles. The highest BCUT2D eigenvalue weighted by atomic mass is 16.3. The Hall–Kier alpha value is -6.26. The molecule has 0 saturated carbocycles. The lowest BCUT2D eigenvalue weighted by Crippen LogP contribution is -2.14. The van der Waals surface area contributed by atoms with E-state index in [9.17, 15) is 5.11 Å². The summed E-state index contributed by atoms with van der Waals surface area (Å²) in [5.74, 6) is 0.877. The number of nitrogens with zero attached hydrogens (tertiary/aromatic N) is 3. The average molecular weight is 718 g/mol. The lowest BCUT2D eigenvalue weighted by molar-refractivity contribution is 0.477. The predicted molar refractivity (Wildman–Crippen MR) is 230 cm³/mol. The van der Waals surface area contributed by atoms with Gasteiger partial charge in [-0.05, 0) is 111 Å². The Balaban J connectivity index is 1.36. The number of imidazole rings is 1. The maximum atomic E-state index is 11.3. The summed E-state index contributed by atoms with van der Waals surface area (Å²) in [6, 6.07) is 50.9. The summed E-state index contributed by atoms with van der Waals surface area (Å²) >= 11 is 0. The fourth-order valence-electron chi connectivity index (χ4n) is 7.48. The van der Waals surface area contributed by atoms with E-state index in [1.165, 1.54) is 33.4 Å². The second kappa shape index (κ2) is 13.9. The molecule has 4 heteroatoms. The summed E-state index contributed by atoms with van der Waals surface area (Å²) < 4.78 is 2.21. The van der Waals surface area contributed by atoms with Crippen LogP contribution in [0.5, 0.6) is 5.75 Å². The van der Waals surface area contributed by atoms with Crippen molar-refractivity contribution in [3.8, 4) is 67.5 Å².